The number of thiophene rings is 1. The minimum atomic E-state index is 0.695. The Hall–Kier alpha value is -1.07. The molecule has 0 aliphatic heterocycles. The number of halogens is 1. The maximum Gasteiger partial charge on any atom is 0.129 e. The Balaban J connectivity index is 2.08. The molecule has 84 valence electrons. The molecule has 0 aromatic carbocycles. The van der Waals surface area contributed by atoms with Crippen LogP contribution in [0.15, 0.2) is 28.2 Å². The predicted molar refractivity (Wildman–Crippen MR) is 72.7 cm³/mol. The van der Waals surface area contributed by atoms with Crippen molar-refractivity contribution in [3.05, 3.63) is 38.6 Å². The molecule has 3 nitrogen and oxygen atoms in total. The van der Waals surface area contributed by atoms with Gasteiger partial charge in [0.1, 0.15) is 5.82 Å². The van der Waals surface area contributed by atoms with Crippen LogP contribution >= 0.6 is 27.3 Å². The zero-order chi connectivity index (χ0) is 11.5. The molecule has 0 atom stereocenters. The highest BCUT2D eigenvalue weighted by Crippen LogP contribution is 2.24. The molecule has 0 bridgehead atoms. The van der Waals surface area contributed by atoms with Crippen molar-refractivity contribution in [3.8, 4) is 0 Å². The van der Waals surface area contributed by atoms with E-state index in [4.69, 9.17) is 5.73 Å². The maximum atomic E-state index is 5.65. The van der Waals surface area contributed by atoms with E-state index in [9.17, 15) is 0 Å². The first-order valence-electron chi connectivity index (χ1n) is 4.84. The molecule has 0 aliphatic rings. The van der Waals surface area contributed by atoms with Gasteiger partial charge in [-0.25, -0.2) is 4.98 Å². The average molecular weight is 298 g/mol. The molecular weight excluding hydrogens is 286 g/mol. The first kappa shape index (κ1) is 11.4. The number of aromatic nitrogens is 1. The van der Waals surface area contributed by atoms with Crippen LogP contribution in [0.2, 0.25) is 0 Å². The summed E-state index contributed by atoms with van der Waals surface area (Å²) in [6.07, 6.45) is 1.67. The van der Waals surface area contributed by atoms with E-state index in [1.165, 1.54) is 4.88 Å². The van der Waals surface area contributed by atoms with E-state index >= 15 is 0 Å². The molecule has 2 aromatic rings. The van der Waals surface area contributed by atoms with Crippen molar-refractivity contribution in [2.24, 2.45) is 0 Å². The van der Waals surface area contributed by atoms with Gasteiger partial charge in [0, 0.05) is 9.35 Å². The van der Waals surface area contributed by atoms with Crippen LogP contribution < -0.4 is 11.1 Å². The van der Waals surface area contributed by atoms with E-state index in [-0.39, 0.29) is 0 Å². The van der Waals surface area contributed by atoms with Crippen molar-refractivity contribution >= 4 is 38.8 Å². The van der Waals surface area contributed by atoms with Crippen molar-refractivity contribution in [1.29, 1.82) is 0 Å². The number of anilines is 2. The summed E-state index contributed by atoms with van der Waals surface area (Å²) in [5, 5.41) is 5.36. The summed E-state index contributed by atoms with van der Waals surface area (Å²) in [7, 11) is 0. The third-order valence-corrected chi connectivity index (χ3v) is 4.13. The summed E-state index contributed by atoms with van der Waals surface area (Å²) in [5.74, 6) is 0.884. The molecule has 3 N–H and O–H groups in total. The van der Waals surface area contributed by atoms with E-state index in [2.05, 4.69) is 31.6 Å². The Morgan fingerprint density at radius 2 is 2.38 bits per heavy atom. The van der Waals surface area contributed by atoms with Gasteiger partial charge in [0.05, 0.1) is 18.4 Å². The van der Waals surface area contributed by atoms with Crippen LogP contribution in [0.25, 0.3) is 0 Å². The summed E-state index contributed by atoms with van der Waals surface area (Å²) >= 11 is 5.22. The van der Waals surface area contributed by atoms with Crippen molar-refractivity contribution in [2.75, 3.05) is 11.1 Å². The first-order chi connectivity index (χ1) is 7.66. The fourth-order valence-corrected chi connectivity index (χ4v) is 2.83. The lowest BCUT2D eigenvalue weighted by atomic mass is 10.2. The van der Waals surface area contributed by atoms with Crippen LogP contribution in [0.5, 0.6) is 0 Å². The van der Waals surface area contributed by atoms with Crippen LogP contribution in [0, 0.1) is 6.92 Å². The number of nitrogens with one attached hydrogen (secondary N) is 1. The van der Waals surface area contributed by atoms with E-state index in [0.717, 1.165) is 22.4 Å². The molecule has 0 aliphatic carbocycles. The Bertz CT molecular complexity index is 496. The molecule has 0 saturated heterocycles. The number of nitrogens with two attached hydrogens (primary N) is 1. The maximum absolute atomic E-state index is 5.65. The Morgan fingerprint density at radius 1 is 1.56 bits per heavy atom. The molecule has 2 rings (SSSR count). The third-order valence-electron chi connectivity index (χ3n) is 2.21. The van der Waals surface area contributed by atoms with Gasteiger partial charge in [0.15, 0.2) is 0 Å². The standard InChI is InChI=1S/C11H12BrN3S/c1-7-4-8(13)5-14-11(7)15-6-10-9(12)2-3-16-10/h2-5H,6,13H2,1H3,(H,14,15). The monoisotopic (exact) mass is 297 g/mol. The van der Waals surface area contributed by atoms with Crippen LogP contribution in [0.3, 0.4) is 0 Å². The van der Waals surface area contributed by atoms with E-state index in [0.29, 0.717) is 5.69 Å². The van der Waals surface area contributed by atoms with Gasteiger partial charge in [0.2, 0.25) is 0 Å². The fourth-order valence-electron chi connectivity index (χ4n) is 1.40. The lowest BCUT2D eigenvalue weighted by Crippen LogP contribution is -2.03. The second kappa shape index (κ2) is 4.84. The molecular formula is C11H12BrN3S. The third kappa shape index (κ3) is 2.54. The zero-order valence-electron chi connectivity index (χ0n) is 8.83. The molecule has 2 aromatic heterocycles. The topological polar surface area (TPSA) is 50.9 Å². The molecule has 2 heterocycles. The fraction of sp³-hybridized carbons (Fsp3) is 0.182. The van der Waals surface area contributed by atoms with Crippen LogP contribution in [-0.4, -0.2) is 4.98 Å². The van der Waals surface area contributed by atoms with Gasteiger partial charge >= 0.3 is 0 Å². The van der Waals surface area contributed by atoms with Gasteiger partial charge in [-0.05, 0) is 45.9 Å². The number of hydrogen-bond acceptors (Lipinski definition) is 4. The number of nitrogen functional groups attached to an aromatic ring is 1. The van der Waals surface area contributed by atoms with Crippen LogP contribution in [0.1, 0.15) is 10.4 Å². The molecule has 5 heteroatoms. The lowest BCUT2D eigenvalue weighted by Gasteiger charge is -2.08. The molecule has 0 unspecified atom stereocenters. The van der Waals surface area contributed by atoms with Gasteiger partial charge in [-0.2, -0.15) is 0 Å². The summed E-state index contributed by atoms with van der Waals surface area (Å²) in [5.41, 5.74) is 7.40. The van der Waals surface area contributed by atoms with Crippen molar-refractivity contribution in [2.45, 2.75) is 13.5 Å². The number of rotatable bonds is 3. The lowest BCUT2D eigenvalue weighted by molar-refractivity contribution is 1.12. The van der Waals surface area contributed by atoms with Crippen LogP contribution in [0.4, 0.5) is 11.5 Å². The SMILES string of the molecule is Cc1cc(N)cnc1NCc1sccc1Br. The largest absolute Gasteiger partial charge is 0.397 e. The highest BCUT2D eigenvalue weighted by molar-refractivity contribution is 9.10. The number of aryl methyl sites for hydroxylation is 1. The normalized spacial score (nSPS) is 10.4. The second-order valence-electron chi connectivity index (χ2n) is 3.48. The molecule has 0 spiro atoms. The number of hydrogen-bond donors (Lipinski definition) is 2. The summed E-state index contributed by atoms with van der Waals surface area (Å²) in [6, 6.07) is 3.96. The Morgan fingerprint density at radius 3 is 3.00 bits per heavy atom. The minimum absolute atomic E-state index is 0.695. The smallest absolute Gasteiger partial charge is 0.129 e. The second-order valence-corrected chi connectivity index (χ2v) is 5.33. The quantitative estimate of drug-likeness (QED) is 0.913. The minimum Gasteiger partial charge on any atom is -0.397 e. The van der Waals surface area contributed by atoms with Crippen molar-refractivity contribution < 1.29 is 0 Å². The van der Waals surface area contributed by atoms with Gasteiger partial charge < -0.3 is 11.1 Å². The van der Waals surface area contributed by atoms with Crippen LogP contribution in [-0.2, 0) is 6.54 Å². The highest BCUT2D eigenvalue weighted by Gasteiger charge is 2.03. The highest BCUT2D eigenvalue weighted by atomic mass is 79.9. The molecule has 16 heavy (non-hydrogen) atoms. The number of nitrogens with zero attached hydrogens (tertiary/aromatic N) is 1. The molecule has 0 radical (unpaired) electrons. The van der Waals surface area contributed by atoms with E-state index in [1.54, 1.807) is 17.5 Å². The Labute approximate surface area is 107 Å². The van der Waals surface area contributed by atoms with E-state index < -0.39 is 0 Å². The Kier molecular flexibility index (Phi) is 3.46. The van der Waals surface area contributed by atoms with E-state index in [1.807, 2.05) is 19.1 Å². The molecule has 0 saturated carbocycles. The van der Waals surface area contributed by atoms with Crippen molar-refractivity contribution in [3.63, 3.8) is 0 Å². The summed E-state index contributed by atoms with van der Waals surface area (Å²) in [6.45, 7) is 2.77. The first-order valence-corrected chi connectivity index (χ1v) is 6.52. The van der Waals surface area contributed by atoms with Gasteiger partial charge in [0.25, 0.3) is 0 Å². The predicted octanol–water partition coefficient (Wildman–Crippen LogP) is 3.41. The number of pyridine rings is 1. The summed E-state index contributed by atoms with van der Waals surface area (Å²) in [4.78, 5) is 5.52. The summed E-state index contributed by atoms with van der Waals surface area (Å²) < 4.78 is 1.14. The average Bonchev–Trinajstić information content (AvgIpc) is 2.63. The molecule has 0 fully saturated rings. The van der Waals surface area contributed by atoms with Gasteiger partial charge in [-0.15, -0.1) is 11.3 Å². The van der Waals surface area contributed by atoms with Crippen molar-refractivity contribution in [1.82, 2.24) is 4.98 Å². The van der Waals surface area contributed by atoms with Gasteiger partial charge in [-0.3, -0.25) is 0 Å². The van der Waals surface area contributed by atoms with Gasteiger partial charge in [-0.1, -0.05) is 0 Å². The zero-order valence-corrected chi connectivity index (χ0v) is 11.2. The molecule has 0 amide bonds.